The van der Waals surface area contributed by atoms with Crippen molar-refractivity contribution >= 4 is 11.9 Å². The fraction of sp³-hybridized carbons (Fsp3) is 0.818. The van der Waals surface area contributed by atoms with Gasteiger partial charge in [0.15, 0.2) is 11.4 Å². The Hall–Kier alpha value is -1.72. The zero-order valence-electron chi connectivity index (χ0n) is 18.8. The molecule has 160 valence electrons. The molecular formula is C22H38N2O4. The van der Waals surface area contributed by atoms with Gasteiger partial charge in [-0.3, -0.25) is 0 Å². The van der Waals surface area contributed by atoms with E-state index in [0.717, 1.165) is 38.5 Å². The maximum atomic E-state index is 12.6. The van der Waals surface area contributed by atoms with Crippen LogP contribution in [-0.2, 0) is 9.59 Å². The van der Waals surface area contributed by atoms with Crippen molar-refractivity contribution in [3.63, 3.8) is 0 Å². The third-order valence-electron chi connectivity index (χ3n) is 6.65. The molecule has 0 aromatic rings. The van der Waals surface area contributed by atoms with E-state index in [1.54, 1.807) is 0 Å². The average molecular weight is 395 g/mol. The fourth-order valence-corrected chi connectivity index (χ4v) is 5.81. The van der Waals surface area contributed by atoms with Crippen LogP contribution in [0.5, 0.6) is 0 Å². The monoisotopic (exact) mass is 394 g/mol. The summed E-state index contributed by atoms with van der Waals surface area (Å²) in [5.74, 6) is -2.34. The standard InChI is InChI=1S/C22H38N2O4/c1-19(2)11-9-12-20(3,4)23(19)15(17(25)26)16(18(27)28)24-21(5,6)13-10-14-22(24,7)8/h9-14H2,1-8H3,(H,25,26)(H,27,28)/b16-15+. The van der Waals surface area contributed by atoms with Crippen LogP contribution in [0.1, 0.15) is 93.9 Å². The number of likely N-dealkylation sites (tertiary alicyclic amines) is 2. The minimum atomic E-state index is -1.17. The molecule has 2 aliphatic rings. The lowest BCUT2D eigenvalue weighted by molar-refractivity contribution is -0.144. The summed E-state index contributed by atoms with van der Waals surface area (Å²) in [4.78, 5) is 28.9. The van der Waals surface area contributed by atoms with Gasteiger partial charge in [0, 0.05) is 22.2 Å². The number of carboxylic acids is 2. The lowest BCUT2D eigenvalue weighted by Crippen LogP contribution is -2.63. The molecule has 0 amide bonds. The predicted molar refractivity (Wildman–Crippen MR) is 110 cm³/mol. The van der Waals surface area contributed by atoms with Crippen molar-refractivity contribution in [1.29, 1.82) is 0 Å². The van der Waals surface area contributed by atoms with Crippen LogP contribution in [0.2, 0.25) is 0 Å². The van der Waals surface area contributed by atoms with Crippen molar-refractivity contribution in [2.75, 3.05) is 0 Å². The molecule has 0 aliphatic carbocycles. The van der Waals surface area contributed by atoms with Gasteiger partial charge in [-0.1, -0.05) is 0 Å². The van der Waals surface area contributed by atoms with Crippen molar-refractivity contribution in [2.24, 2.45) is 0 Å². The number of hydrogen-bond donors (Lipinski definition) is 2. The van der Waals surface area contributed by atoms with E-state index < -0.39 is 34.1 Å². The summed E-state index contributed by atoms with van der Waals surface area (Å²) in [6.07, 6.45) is 5.29. The van der Waals surface area contributed by atoms with Crippen molar-refractivity contribution in [2.45, 2.75) is 116 Å². The molecule has 2 saturated heterocycles. The number of aliphatic carboxylic acids is 2. The van der Waals surface area contributed by atoms with Gasteiger partial charge in [-0.2, -0.15) is 0 Å². The lowest BCUT2D eigenvalue weighted by atomic mass is 9.77. The van der Waals surface area contributed by atoms with Gasteiger partial charge >= 0.3 is 11.9 Å². The Morgan fingerprint density at radius 3 is 0.964 bits per heavy atom. The Kier molecular flexibility index (Phi) is 5.61. The number of piperidine rings is 2. The normalized spacial score (nSPS) is 26.4. The number of hydrogen-bond acceptors (Lipinski definition) is 4. The van der Waals surface area contributed by atoms with Crippen molar-refractivity contribution < 1.29 is 19.8 Å². The zero-order chi connectivity index (χ0) is 21.7. The number of carboxylic acid groups (broad SMARTS) is 2. The molecule has 0 unspecified atom stereocenters. The minimum Gasteiger partial charge on any atom is -0.477 e. The molecular weight excluding hydrogens is 356 g/mol. The molecule has 0 bridgehead atoms. The molecule has 0 aromatic heterocycles. The molecule has 0 atom stereocenters. The van der Waals surface area contributed by atoms with Crippen LogP contribution in [0, 0.1) is 0 Å². The molecule has 0 spiro atoms. The van der Waals surface area contributed by atoms with Crippen molar-refractivity contribution in [3.8, 4) is 0 Å². The Morgan fingerprint density at radius 1 is 0.571 bits per heavy atom. The van der Waals surface area contributed by atoms with E-state index in [4.69, 9.17) is 0 Å². The summed E-state index contributed by atoms with van der Waals surface area (Å²) in [7, 11) is 0. The van der Waals surface area contributed by atoms with Crippen LogP contribution in [-0.4, -0.2) is 54.1 Å². The maximum Gasteiger partial charge on any atom is 0.354 e. The first kappa shape index (κ1) is 22.6. The van der Waals surface area contributed by atoms with Gasteiger partial charge in [0.1, 0.15) is 0 Å². The van der Waals surface area contributed by atoms with E-state index in [1.807, 2.05) is 65.2 Å². The first-order valence-electron chi connectivity index (χ1n) is 10.4. The number of rotatable bonds is 4. The summed E-state index contributed by atoms with van der Waals surface area (Å²) in [6, 6.07) is 0. The molecule has 2 N–H and O–H groups in total. The van der Waals surface area contributed by atoms with Crippen molar-refractivity contribution in [1.82, 2.24) is 9.80 Å². The summed E-state index contributed by atoms with van der Waals surface area (Å²) in [6.45, 7) is 16.1. The first-order valence-corrected chi connectivity index (χ1v) is 10.4. The van der Waals surface area contributed by atoms with Gasteiger partial charge in [-0.15, -0.1) is 0 Å². The van der Waals surface area contributed by atoms with Crippen LogP contribution < -0.4 is 0 Å². The number of nitrogens with zero attached hydrogens (tertiary/aromatic N) is 2. The lowest BCUT2D eigenvalue weighted by Gasteiger charge is -2.58. The molecule has 2 aliphatic heterocycles. The maximum absolute atomic E-state index is 12.6. The van der Waals surface area contributed by atoms with Crippen LogP contribution in [0.25, 0.3) is 0 Å². The van der Waals surface area contributed by atoms with E-state index in [1.165, 1.54) is 0 Å². The van der Waals surface area contributed by atoms with Gasteiger partial charge < -0.3 is 20.0 Å². The molecule has 2 heterocycles. The van der Waals surface area contributed by atoms with Crippen LogP contribution in [0.15, 0.2) is 11.4 Å². The van der Waals surface area contributed by atoms with Crippen LogP contribution >= 0.6 is 0 Å². The molecule has 0 radical (unpaired) electrons. The van der Waals surface area contributed by atoms with E-state index >= 15 is 0 Å². The highest BCUT2D eigenvalue weighted by Crippen LogP contribution is 2.46. The van der Waals surface area contributed by atoms with Crippen LogP contribution in [0.3, 0.4) is 0 Å². The second kappa shape index (κ2) is 6.96. The average Bonchev–Trinajstić information content (AvgIpc) is 2.45. The Balaban J connectivity index is 2.85. The van der Waals surface area contributed by atoms with Crippen LogP contribution in [0.4, 0.5) is 0 Å². The van der Waals surface area contributed by atoms with E-state index in [2.05, 4.69) is 0 Å². The quantitative estimate of drug-likeness (QED) is 0.686. The SMILES string of the molecule is CC1(C)CCCC(C)(C)N1/C(C(=O)O)=C(\C(=O)O)N1C(C)(C)CCCC1(C)C. The van der Waals surface area contributed by atoms with Gasteiger partial charge in [0.25, 0.3) is 0 Å². The minimum absolute atomic E-state index is 0.0785. The molecule has 28 heavy (non-hydrogen) atoms. The Labute approximate surface area is 169 Å². The number of carbonyl (C=O) groups is 2. The molecule has 6 nitrogen and oxygen atoms in total. The highest BCUT2D eigenvalue weighted by molar-refractivity contribution is 5.98. The smallest absolute Gasteiger partial charge is 0.354 e. The second-order valence-electron chi connectivity index (χ2n) is 10.9. The summed E-state index contributed by atoms with van der Waals surface area (Å²) < 4.78 is 0. The van der Waals surface area contributed by atoms with E-state index in [9.17, 15) is 19.8 Å². The Morgan fingerprint density at radius 2 is 0.786 bits per heavy atom. The van der Waals surface area contributed by atoms with E-state index in [-0.39, 0.29) is 11.4 Å². The highest BCUT2D eigenvalue weighted by Gasteiger charge is 2.51. The molecule has 0 aromatic carbocycles. The van der Waals surface area contributed by atoms with Gasteiger partial charge in [-0.25, -0.2) is 9.59 Å². The molecule has 0 saturated carbocycles. The largest absolute Gasteiger partial charge is 0.477 e. The summed E-state index contributed by atoms with van der Waals surface area (Å²) in [5, 5.41) is 20.6. The topological polar surface area (TPSA) is 81.1 Å². The van der Waals surface area contributed by atoms with E-state index in [0.29, 0.717) is 0 Å². The highest BCUT2D eigenvalue weighted by atomic mass is 16.4. The Bertz CT molecular complexity index is 599. The molecule has 2 rings (SSSR count). The third-order valence-corrected chi connectivity index (χ3v) is 6.65. The fourth-order valence-electron chi connectivity index (χ4n) is 5.81. The van der Waals surface area contributed by atoms with Gasteiger partial charge in [-0.05, 0) is 93.9 Å². The second-order valence-corrected chi connectivity index (χ2v) is 10.9. The van der Waals surface area contributed by atoms with Gasteiger partial charge in [0.2, 0.25) is 0 Å². The van der Waals surface area contributed by atoms with Gasteiger partial charge in [0.05, 0.1) is 0 Å². The summed E-state index contributed by atoms with van der Waals surface area (Å²) >= 11 is 0. The van der Waals surface area contributed by atoms with Crippen molar-refractivity contribution in [3.05, 3.63) is 11.4 Å². The third kappa shape index (κ3) is 3.87. The molecule has 6 heteroatoms. The zero-order valence-corrected chi connectivity index (χ0v) is 18.8. The summed E-state index contributed by atoms with van der Waals surface area (Å²) in [5.41, 5.74) is -1.93. The first-order chi connectivity index (χ1) is 12.5. The predicted octanol–water partition coefficient (Wildman–Crippen LogP) is 4.45. The molecule has 2 fully saturated rings.